The standard InChI is InChI=1S/C18H19FN4O3/c1-18(4-5-18)17(26)23-8-13(19)14(9-23)21-15(24)10-2-3-12-11(6-10)7-20-22-16(12)25/h2-3,6-7,13-14H,4-5,8-9H2,1H3,(H,21,24)(H,22,25)/t13-,14+/m0/s1. The highest BCUT2D eigenvalue weighted by molar-refractivity contribution is 5.98. The van der Waals surface area contributed by atoms with E-state index in [-0.39, 0.29) is 30.0 Å². The number of alkyl halides is 1. The number of fused-ring (bicyclic) bond motifs is 1. The summed E-state index contributed by atoms with van der Waals surface area (Å²) in [5.41, 5.74) is -0.371. The largest absolute Gasteiger partial charge is 0.345 e. The van der Waals surface area contributed by atoms with Crippen molar-refractivity contribution in [3.05, 3.63) is 40.3 Å². The van der Waals surface area contributed by atoms with Gasteiger partial charge >= 0.3 is 0 Å². The van der Waals surface area contributed by atoms with Crippen molar-refractivity contribution in [3.8, 4) is 0 Å². The summed E-state index contributed by atoms with van der Waals surface area (Å²) in [5, 5.41) is 9.66. The van der Waals surface area contributed by atoms with Gasteiger partial charge in [-0.1, -0.05) is 6.92 Å². The fourth-order valence-electron chi connectivity index (χ4n) is 3.34. The molecule has 1 saturated carbocycles. The predicted octanol–water partition coefficient (Wildman–Crippen LogP) is 1.00. The molecule has 136 valence electrons. The molecule has 1 aromatic carbocycles. The lowest BCUT2D eigenvalue weighted by Crippen LogP contribution is -2.42. The molecule has 1 aliphatic carbocycles. The number of H-pyrrole nitrogens is 1. The second kappa shape index (κ2) is 5.89. The normalized spacial score (nSPS) is 23.8. The molecular formula is C18H19FN4O3. The molecule has 2 N–H and O–H groups in total. The van der Waals surface area contributed by atoms with Gasteiger partial charge in [-0.05, 0) is 31.0 Å². The quantitative estimate of drug-likeness (QED) is 0.856. The van der Waals surface area contributed by atoms with Crippen LogP contribution < -0.4 is 10.9 Å². The van der Waals surface area contributed by atoms with Gasteiger partial charge in [-0.3, -0.25) is 14.4 Å². The Hall–Kier alpha value is -2.77. The van der Waals surface area contributed by atoms with Crippen molar-refractivity contribution >= 4 is 22.6 Å². The first-order valence-corrected chi connectivity index (χ1v) is 8.59. The van der Waals surface area contributed by atoms with Crippen LogP contribution in [0.3, 0.4) is 0 Å². The zero-order valence-corrected chi connectivity index (χ0v) is 14.3. The minimum Gasteiger partial charge on any atom is -0.345 e. The zero-order chi connectivity index (χ0) is 18.5. The first-order valence-electron chi connectivity index (χ1n) is 8.59. The number of halogens is 1. The SMILES string of the molecule is CC1(C(=O)N2C[C@H](F)[C@H](NC(=O)c3ccc4c(=O)[nH]ncc4c3)C2)CC1. The van der Waals surface area contributed by atoms with Crippen molar-refractivity contribution in [1.82, 2.24) is 20.4 Å². The Morgan fingerprint density at radius 1 is 1.35 bits per heavy atom. The summed E-state index contributed by atoms with van der Waals surface area (Å²) in [6.07, 6.45) is 1.83. The number of aromatic nitrogens is 2. The maximum Gasteiger partial charge on any atom is 0.272 e. The van der Waals surface area contributed by atoms with Crippen LogP contribution in [0.25, 0.3) is 10.8 Å². The van der Waals surface area contributed by atoms with Crippen LogP contribution in [0, 0.1) is 5.41 Å². The molecule has 7 nitrogen and oxygen atoms in total. The monoisotopic (exact) mass is 358 g/mol. The fourth-order valence-corrected chi connectivity index (χ4v) is 3.34. The lowest BCUT2D eigenvalue weighted by atomic mass is 10.1. The van der Waals surface area contributed by atoms with E-state index < -0.39 is 18.1 Å². The Bertz CT molecular complexity index is 953. The highest BCUT2D eigenvalue weighted by Crippen LogP contribution is 2.47. The average molecular weight is 358 g/mol. The van der Waals surface area contributed by atoms with Gasteiger partial charge in [-0.2, -0.15) is 5.10 Å². The number of nitrogens with one attached hydrogen (secondary N) is 2. The summed E-state index contributed by atoms with van der Waals surface area (Å²) < 4.78 is 14.3. The number of hydrogen-bond acceptors (Lipinski definition) is 4. The van der Waals surface area contributed by atoms with Crippen LogP contribution in [-0.4, -0.2) is 52.2 Å². The summed E-state index contributed by atoms with van der Waals surface area (Å²) in [6.45, 7) is 2.08. The van der Waals surface area contributed by atoms with Crippen LogP contribution in [-0.2, 0) is 4.79 Å². The number of benzene rings is 1. The van der Waals surface area contributed by atoms with E-state index in [0.29, 0.717) is 16.3 Å². The first-order chi connectivity index (χ1) is 12.4. The molecule has 8 heteroatoms. The van der Waals surface area contributed by atoms with E-state index in [9.17, 15) is 18.8 Å². The molecule has 0 bridgehead atoms. The van der Waals surface area contributed by atoms with Crippen molar-refractivity contribution in [2.45, 2.75) is 32.0 Å². The van der Waals surface area contributed by atoms with E-state index in [4.69, 9.17) is 0 Å². The second-order valence-corrected chi connectivity index (χ2v) is 7.37. The smallest absolute Gasteiger partial charge is 0.272 e. The zero-order valence-electron chi connectivity index (χ0n) is 14.3. The fraction of sp³-hybridized carbons (Fsp3) is 0.444. The Morgan fingerprint density at radius 3 is 2.85 bits per heavy atom. The summed E-state index contributed by atoms with van der Waals surface area (Å²) in [6, 6.07) is 3.87. The van der Waals surface area contributed by atoms with Crippen LogP contribution >= 0.6 is 0 Å². The van der Waals surface area contributed by atoms with E-state index in [0.717, 1.165) is 12.8 Å². The molecule has 2 atom stereocenters. The summed E-state index contributed by atoms with van der Waals surface area (Å²) in [4.78, 5) is 38.0. The molecule has 2 aliphatic rings. The van der Waals surface area contributed by atoms with E-state index in [1.54, 1.807) is 6.07 Å². The second-order valence-electron chi connectivity index (χ2n) is 7.37. The Kier molecular flexibility index (Phi) is 3.78. The van der Waals surface area contributed by atoms with Crippen molar-refractivity contribution < 1.29 is 14.0 Å². The number of rotatable bonds is 3. The topological polar surface area (TPSA) is 95.2 Å². The number of nitrogens with zero attached hydrogens (tertiary/aromatic N) is 2. The summed E-state index contributed by atoms with van der Waals surface area (Å²) >= 11 is 0. The first kappa shape index (κ1) is 16.7. The molecule has 2 heterocycles. The maximum absolute atomic E-state index is 14.3. The number of hydrogen-bond donors (Lipinski definition) is 2. The number of amides is 2. The minimum absolute atomic E-state index is 0.0103. The van der Waals surface area contributed by atoms with Gasteiger partial charge in [-0.15, -0.1) is 0 Å². The molecule has 0 unspecified atom stereocenters. The van der Waals surface area contributed by atoms with Gasteiger partial charge in [0.05, 0.1) is 24.2 Å². The lowest BCUT2D eigenvalue weighted by molar-refractivity contribution is -0.135. The molecule has 0 radical (unpaired) electrons. The van der Waals surface area contributed by atoms with Crippen molar-refractivity contribution in [2.75, 3.05) is 13.1 Å². The third-order valence-corrected chi connectivity index (χ3v) is 5.30. The van der Waals surface area contributed by atoms with E-state index in [2.05, 4.69) is 15.5 Å². The number of likely N-dealkylation sites (tertiary alicyclic amines) is 1. The molecule has 2 aromatic rings. The van der Waals surface area contributed by atoms with Crippen LogP contribution in [0.15, 0.2) is 29.2 Å². The van der Waals surface area contributed by atoms with Gasteiger partial charge in [0.25, 0.3) is 11.5 Å². The van der Waals surface area contributed by atoms with E-state index in [1.807, 2.05) is 6.92 Å². The Morgan fingerprint density at radius 2 is 2.12 bits per heavy atom. The lowest BCUT2D eigenvalue weighted by Gasteiger charge is -2.20. The molecule has 1 aromatic heterocycles. The maximum atomic E-state index is 14.3. The van der Waals surface area contributed by atoms with Crippen LogP contribution in [0.5, 0.6) is 0 Å². The summed E-state index contributed by atoms with van der Waals surface area (Å²) in [5.74, 6) is -0.473. The van der Waals surface area contributed by atoms with Gasteiger partial charge < -0.3 is 10.2 Å². The number of aromatic amines is 1. The van der Waals surface area contributed by atoms with Crippen molar-refractivity contribution in [2.24, 2.45) is 5.41 Å². The molecule has 2 fully saturated rings. The third kappa shape index (κ3) is 2.85. The molecule has 26 heavy (non-hydrogen) atoms. The van der Waals surface area contributed by atoms with Crippen molar-refractivity contribution in [3.63, 3.8) is 0 Å². The highest BCUT2D eigenvalue weighted by Gasteiger charge is 2.50. The average Bonchev–Trinajstić information content (AvgIpc) is 3.28. The number of carbonyl (C=O) groups excluding carboxylic acids is 2. The third-order valence-electron chi connectivity index (χ3n) is 5.30. The number of carbonyl (C=O) groups is 2. The molecule has 1 saturated heterocycles. The summed E-state index contributed by atoms with van der Waals surface area (Å²) in [7, 11) is 0. The van der Waals surface area contributed by atoms with Crippen LogP contribution in [0.4, 0.5) is 4.39 Å². The van der Waals surface area contributed by atoms with E-state index >= 15 is 0 Å². The molecular weight excluding hydrogens is 339 g/mol. The molecule has 0 spiro atoms. The minimum atomic E-state index is -1.30. The highest BCUT2D eigenvalue weighted by atomic mass is 19.1. The van der Waals surface area contributed by atoms with Gasteiger partial charge in [0.15, 0.2) is 0 Å². The van der Waals surface area contributed by atoms with Crippen LogP contribution in [0.2, 0.25) is 0 Å². The van der Waals surface area contributed by atoms with Gasteiger partial charge in [-0.25, -0.2) is 9.49 Å². The molecule has 2 amide bonds. The van der Waals surface area contributed by atoms with E-state index in [1.165, 1.54) is 23.2 Å². The predicted molar refractivity (Wildman–Crippen MR) is 92.4 cm³/mol. The van der Waals surface area contributed by atoms with Crippen molar-refractivity contribution in [1.29, 1.82) is 0 Å². The van der Waals surface area contributed by atoms with Crippen LogP contribution in [0.1, 0.15) is 30.1 Å². The molecule has 4 rings (SSSR count). The van der Waals surface area contributed by atoms with Gasteiger partial charge in [0.1, 0.15) is 6.17 Å². The Labute approximate surface area is 148 Å². The molecule has 1 aliphatic heterocycles. The van der Waals surface area contributed by atoms with Gasteiger partial charge in [0.2, 0.25) is 5.91 Å². The Balaban J connectivity index is 1.48. The van der Waals surface area contributed by atoms with Gasteiger partial charge in [0, 0.05) is 22.9 Å².